The smallest absolute Gasteiger partial charge is 0.251 e. The van der Waals surface area contributed by atoms with Gasteiger partial charge in [-0.3, -0.25) is 0 Å². The number of allylic oxidation sites excluding steroid dienone is 2. The van der Waals surface area contributed by atoms with Gasteiger partial charge in [0.1, 0.15) is 0 Å². The van der Waals surface area contributed by atoms with Crippen LogP contribution in [0.5, 0.6) is 0 Å². The van der Waals surface area contributed by atoms with Crippen molar-refractivity contribution in [1.29, 1.82) is 0 Å². The van der Waals surface area contributed by atoms with Gasteiger partial charge in [0.05, 0.1) is 0 Å². The van der Waals surface area contributed by atoms with Crippen LogP contribution in [0.3, 0.4) is 0 Å². The molecule has 2 aliphatic carbocycles. The Labute approximate surface area is 117 Å². The lowest BCUT2D eigenvalue weighted by molar-refractivity contribution is -0.130. The first-order valence-electron chi connectivity index (χ1n) is 7.92. The van der Waals surface area contributed by atoms with E-state index in [0.29, 0.717) is 5.92 Å². The molecule has 0 radical (unpaired) electrons. The number of ether oxygens (including phenoxy) is 2. The first-order valence-corrected chi connectivity index (χ1v) is 7.92. The Morgan fingerprint density at radius 3 is 2.11 bits per heavy atom. The van der Waals surface area contributed by atoms with Crippen molar-refractivity contribution in [3.63, 3.8) is 0 Å². The van der Waals surface area contributed by atoms with Gasteiger partial charge in [-0.25, -0.2) is 0 Å². The SMILES string of the molecule is CC.CC1=C2OC3(CCCC3)OC2=C(C(C)C)CC1. The summed E-state index contributed by atoms with van der Waals surface area (Å²) < 4.78 is 12.5. The molecular formula is C17H28O2. The largest absolute Gasteiger partial charge is 0.449 e. The summed E-state index contributed by atoms with van der Waals surface area (Å²) in [5.41, 5.74) is 2.82. The fourth-order valence-corrected chi connectivity index (χ4v) is 3.20. The number of hydrogen-bond donors (Lipinski definition) is 0. The molecule has 0 N–H and O–H groups in total. The van der Waals surface area contributed by atoms with Crippen molar-refractivity contribution < 1.29 is 9.47 Å². The first-order chi connectivity index (χ1) is 9.11. The van der Waals surface area contributed by atoms with Crippen molar-refractivity contribution in [3.05, 3.63) is 22.7 Å². The van der Waals surface area contributed by atoms with Gasteiger partial charge in [0.15, 0.2) is 11.5 Å². The van der Waals surface area contributed by atoms with Crippen LogP contribution in [-0.4, -0.2) is 5.79 Å². The number of fused-ring (bicyclic) bond motifs is 1. The lowest BCUT2D eigenvalue weighted by atomic mass is 9.89. The fourth-order valence-electron chi connectivity index (χ4n) is 3.20. The molecule has 3 aliphatic rings. The van der Waals surface area contributed by atoms with Crippen molar-refractivity contribution in [2.24, 2.45) is 5.92 Å². The zero-order valence-corrected chi connectivity index (χ0v) is 13.1. The third kappa shape index (κ3) is 2.54. The zero-order chi connectivity index (χ0) is 14.0. The molecule has 2 nitrogen and oxygen atoms in total. The summed E-state index contributed by atoms with van der Waals surface area (Å²) in [6, 6.07) is 0. The van der Waals surface area contributed by atoms with Crippen LogP contribution in [0.2, 0.25) is 0 Å². The van der Waals surface area contributed by atoms with Crippen molar-refractivity contribution >= 4 is 0 Å². The van der Waals surface area contributed by atoms with Crippen LogP contribution in [0.15, 0.2) is 22.7 Å². The van der Waals surface area contributed by atoms with Gasteiger partial charge in [0, 0.05) is 12.8 Å². The van der Waals surface area contributed by atoms with Gasteiger partial charge in [0.25, 0.3) is 5.79 Å². The second kappa shape index (κ2) is 5.60. The molecule has 0 atom stereocenters. The summed E-state index contributed by atoms with van der Waals surface area (Å²) in [5, 5.41) is 0. The van der Waals surface area contributed by atoms with E-state index >= 15 is 0 Å². The molecule has 2 fully saturated rings. The maximum atomic E-state index is 6.26. The summed E-state index contributed by atoms with van der Waals surface area (Å²) in [6.45, 7) is 10.7. The molecule has 0 aromatic carbocycles. The molecular weight excluding hydrogens is 236 g/mol. The fraction of sp³-hybridized carbons (Fsp3) is 0.765. The van der Waals surface area contributed by atoms with Crippen molar-refractivity contribution in [2.75, 3.05) is 0 Å². The van der Waals surface area contributed by atoms with Crippen LogP contribution in [0.4, 0.5) is 0 Å². The molecule has 108 valence electrons. The summed E-state index contributed by atoms with van der Waals surface area (Å²) in [5.74, 6) is 2.43. The molecule has 0 unspecified atom stereocenters. The summed E-state index contributed by atoms with van der Waals surface area (Å²) >= 11 is 0. The van der Waals surface area contributed by atoms with E-state index in [2.05, 4.69) is 20.8 Å². The Morgan fingerprint density at radius 2 is 1.53 bits per heavy atom. The minimum Gasteiger partial charge on any atom is -0.449 e. The van der Waals surface area contributed by atoms with Gasteiger partial charge in [-0.2, -0.15) is 0 Å². The van der Waals surface area contributed by atoms with Gasteiger partial charge in [-0.15, -0.1) is 0 Å². The lowest BCUT2D eigenvalue weighted by Gasteiger charge is -2.21. The minimum atomic E-state index is -0.295. The molecule has 0 bridgehead atoms. The Hall–Kier alpha value is -0.920. The van der Waals surface area contributed by atoms with Crippen LogP contribution < -0.4 is 0 Å². The Bertz CT molecular complexity index is 395. The minimum absolute atomic E-state index is 0.295. The van der Waals surface area contributed by atoms with Gasteiger partial charge in [-0.1, -0.05) is 27.7 Å². The third-order valence-electron chi connectivity index (χ3n) is 4.29. The molecule has 1 saturated carbocycles. The Morgan fingerprint density at radius 1 is 0.947 bits per heavy atom. The van der Waals surface area contributed by atoms with E-state index in [1.165, 1.54) is 24.0 Å². The van der Waals surface area contributed by atoms with E-state index < -0.39 is 0 Å². The summed E-state index contributed by atoms with van der Waals surface area (Å²) in [6.07, 6.45) is 6.85. The van der Waals surface area contributed by atoms with E-state index in [1.807, 2.05) is 13.8 Å². The van der Waals surface area contributed by atoms with E-state index in [4.69, 9.17) is 9.47 Å². The Kier molecular flexibility index (Phi) is 4.27. The highest BCUT2D eigenvalue weighted by Gasteiger charge is 2.48. The van der Waals surface area contributed by atoms with E-state index in [9.17, 15) is 0 Å². The van der Waals surface area contributed by atoms with Crippen LogP contribution in [0, 0.1) is 5.92 Å². The average Bonchev–Trinajstić information content (AvgIpc) is 3.00. The lowest BCUT2D eigenvalue weighted by Crippen LogP contribution is -2.24. The van der Waals surface area contributed by atoms with Gasteiger partial charge < -0.3 is 9.47 Å². The van der Waals surface area contributed by atoms with E-state index in [1.54, 1.807) is 0 Å². The van der Waals surface area contributed by atoms with E-state index in [0.717, 1.165) is 37.2 Å². The number of hydrogen-bond acceptors (Lipinski definition) is 2. The first kappa shape index (κ1) is 14.5. The zero-order valence-electron chi connectivity index (χ0n) is 13.1. The van der Waals surface area contributed by atoms with Crippen LogP contribution >= 0.6 is 0 Å². The highest BCUT2D eigenvalue weighted by molar-refractivity contribution is 5.38. The molecule has 1 heterocycles. The molecule has 0 amide bonds. The van der Waals surface area contributed by atoms with Crippen molar-refractivity contribution in [3.8, 4) is 0 Å². The predicted octanol–water partition coefficient (Wildman–Crippen LogP) is 5.31. The van der Waals surface area contributed by atoms with Crippen LogP contribution in [-0.2, 0) is 9.47 Å². The molecule has 1 aliphatic heterocycles. The highest BCUT2D eigenvalue weighted by atomic mass is 16.7. The molecule has 1 spiro atoms. The predicted molar refractivity (Wildman–Crippen MR) is 78.5 cm³/mol. The maximum absolute atomic E-state index is 6.26. The normalized spacial score (nSPS) is 24.1. The van der Waals surface area contributed by atoms with Crippen molar-refractivity contribution in [1.82, 2.24) is 0 Å². The molecule has 1 saturated heterocycles. The van der Waals surface area contributed by atoms with Gasteiger partial charge >= 0.3 is 0 Å². The number of rotatable bonds is 1. The monoisotopic (exact) mass is 264 g/mol. The molecule has 19 heavy (non-hydrogen) atoms. The highest BCUT2D eigenvalue weighted by Crippen LogP contribution is 2.50. The van der Waals surface area contributed by atoms with Crippen LogP contribution in [0.1, 0.15) is 73.1 Å². The standard InChI is InChI=1S/C15H22O2.C2H6/c1-10(2)12-7-6-11(3)13-14(12)17-15(16-13)8-4-5-9-15;1-2/h10H,4-9H2,1-3H3;1-2H3. The van der Waals surface area contributed by atoms with Crippen molar-refractivity contribution in [2.45, 2.75) is 78.9 Å². The van der Waals surface area contributed by atoms with Crippen LogP contribution in [0.25, 0.3) is 0 Å². The molecule has 2 heteroatoms. The Balaban J connectivity index is 0.000000637. The van der Waals surface area contributed by atoms with Gasteiger partial charge in [0.2, 0.25) is 0 Å². The van der Waals surface area contributed by atoms with Gasteiger partial charge in [-0.05, 0) is 49.7 Å². The topological polar surface area (TPSA) is 18.5 Å². The average molecular weight is 264 g/mol. The maximum Gasteiger partial charge on any atom is 0.251 e. The van der Waals surface area contributed by atoms with E-state index in [-0.39, 0.29) is 5.79 Å². The third-order valence-corrected chi connectivity index (χ3v) is 4.29. The molecule has 0 aromatic rings. The summed E-state index contributed by atoms with van der Waals surface area (Å²) in [7, 11) is 0. The second-order valence-corrected chi connectivity index (χ2v) is 5.94. The second-order valence-electron chi connectivity index (χ2n) is 5.94. The molecule has 3 rings (SSSR count). The quantitative estimate of drug-likeness (QED) is 0.639. The summed E-state index contributed by atoms with van der Waals surface area (Å²) in [4.78, 5) is 0. The molecule has 0 aromatic heterocycles.